The van der Waals surface area contributed by atoms with Gasteiger partial charge in [0.05, 0.1) is 40.9 Å². The van der Waals surface area contributed by atoms with Gasteiger partial charge < -0.3 is 11.1 Å². The van der Waals surface area contributed by atoms with Crippen LogP contribution < -0.4 is 22.2 Å². The Morgan fingerprint density at radius 3 is 2.59 bits per heavy atom. The van der Waals surface area contributed by atoms with Gasteiger partial charge in [-0.1, -0.05) is 0 Å². The topological polar surface area (TPSA) is 144 Å². The molecule has 1 atom stereocenters. The van der Waals surface area contributed by atoms with E-state index in [4.69, 9.17) is 5.73 Å². The average molecular weight is 522 g/mol. The summed E-state index contributed by atoms with van der Waals surface area (Å²) in [5.74, 6) is -2.32. The molecule has 0 bridgehead atoms. The quantitative estimate of drug-likeness (QED) is 0.314. The third-order valence-corrected chi connectivity index (χ3v) is 5.50. The van der Waals surface area contributed by atoms with E-state index >= 15 is 0 Å². The Labute approximate surface area is 204 Å². The van der Waals surface area contributed by atoms with E-state index < -0.39 is 52.0 Å². The molecule has 0 saturated carbocycles. The lowest BCUT2D eigenvalue weighted by Gasteiger charge is -2.18. The fourth-order valence-corrected chi connectivity index (χ4v) is 3.71. The van der Waals surface area contributed by atoms with Crippen molar-refractivity contribution < 1.29 is 22.0 Å². The molecule has 194 valence electrons. The summed E-state index contributed by atoms with van der Waals surface area (Å²) in [6.07, 6.45) is -1.25. The average Bonchev–Trinajstić information content (AvgIpc) is 2.81. The van der Waals surface area contributed by atoms with Gasteiger partial charge in [-0.3, -0.25) is 14.2 Å². The molecule has 0 aliphatic carbocycles. The summed E-state index contributed by atoms with van der Waals surface area (Å²) in [5, 5.41) is 7.77. The van der Waals surface area contributed by atoms with Crippen LogP contribution in [0, 0.1) is 11.6 Å². The minimum absolute atomic E-state index is 0.0191. The lowest BCUT2D eigenvalue weighted by Crippen LogP contribution is -2.27. The zero-order valence-electron chi connectivity index (χ0n) is 19.1. The Morgan fingerprint density at radius 2 is 1.89 bits per heavy atom. The number of aromatic amines is 1. The first-order valence-electron chi connectivity index (χ1n) is 10.8. The van der Waals surface area contributed by atoms with E-state index in [1.165, 1.54) is 17.0 Å². The molecule has 0 aliphatic heterocycles. The van der Waals surface area contributed by atoms with Crippen LogP contribution in [0.2, 0.25) is 0 Å². The summed E-state index contributed by atoms with van der Waals surface area (Å²) in [6, 6.07) is 1.72. The molecule has 0 saturated heterocycles. The molecule has 4 N–H and O–H groups in total. The number of benzene rings is 1. The van der Waals surface area contributed by atoms with Crippen molar-refractivity contribution in [3.05, 3.63) is 68.8 Å². The van der Waals surface area contributed by atoms with Gasteiger partial charge in [0.15, 0.2) is 17.5 Å². The molecule has 0 amide bonds. The summed E-state index contributed by atoms with van der Waals surface area (Å²) in [4.78, 5) is 36.0. The highest BCUT2D eigenvalue weighted by Crippen LogP contribution is 2.32. The molecule has 0 fully saturated rings. The second kappa shape index (κ2) is 9.91. The van der Waals surface area contributed by atoms with Crippen LogP contribution in [0.3, 0.4) is 0 Å². The van der Waals surface area contributed by atoms with Crippen LogP contribution in [0.5, 0.6) is 0 Å². The van der Waals surface area contributed by atoms with Crippen molar-refractivity contribution in [3.8, 4) is 11.4 Å². The number of rotatable bonds is 7. The number of halogens is 5. The summed E-state index contributed by atoms with van der Waals surface area (Å²) in [5.41, 5.74) is 1.74. The number of alkyl halides is 3. The molecule has 15 heteroatoms. The van der Waals surface area contributed by atoms with Gasteiger partial charge in [0, 0.05) is 12.6 Å². The molecular weight excluding hydrogens is 503 g/mol. The number of aromatic nitrogens is 6. The molecule has 1 unspecified atom stereocenters. The Morgan fingerprint density at radius 1 is 1.14 bits per heavy atom. The van der Waals surface area contributed by atoms with Crippen molar-refractivity contribution in [2.45, 2.75) is 38.5 Å². The number of fused-ring (bicyclic) bond motifs is 1. The molecule has 10 nitrogen and oxygen atoms in total. The second-order valence-electron chi connectivity index (χ2n) is 8.19. The van der Waals surface area contributed by atoms with E-state index in [1.54, 1.807) is 12.0 Å². The van der Waals surface area contributed by atoms with Crippen LogP contribution in [0.1, 0.15) is 25.3 Å². The zero-order chi connectivity index (χ0) is 26.9. The molecule has 3 aromatic heterocycles. The lowest BCUT2D eigenvalue weighted by molar-refractivity contribution is -0.138. The van der Waals surface area contributed by atoms with E-state index in [2.05, 4.69) is 25.4 Å². The summed E-state index contributed by atoms with van der Waals surface area (Å²) in [6.45, 7) is 1.76. The largest absolute Gasteiger partial charge is 0.423 e. The van der Waals surface area contributed by atoms with Crippen LogP contribution in [-0.2, 0) is 12.7 Å². The van der Waals surface area contributed by atoms with Gasteiger partial charge in [-0.05, 0) is 31.9 Å². The number of nitrogen functional groups attached to an aromatic ring is 1. The van der Waals surface area contributed by atoms with E-state index in [0.717, 1.165) is 18.5 Å². The monoisotopic (exact) mass is 522 g/mol. The normalized spacial score (nSPS) is 12.6. The number of anilines is 2. The number of nitrogens with one attached hydrogen (secondary N) is 2. The third-order valence-electron chi connectivity index (χ3n) is 5.50. The van der Waals surface area contributed by atoms with Crippen molar-refractivity contribution in [1.29, 1.82) is 0 Å². The smallest absolute Gasteiger partial charge is 0.381 e. The molecule has 1 aromatic carbocycles. The lowest BCUT2D eigenvalue weighted by atomic mass is 10.1. The first kappa shape index (κ1) is 25.7. The molecule has 0 aliphatic rings. The molecule has 4 rings (SSSR count). The molecule has 3 heterocycles. The van der Waals surface area contributed by atoms with Crippen molar-refractivity contribution in [3.63, 3.8) is 0 Å². The van der Waals surface area contributed by atoms with Crippen LogP contribution >= 0.6 is 0 Å². The fourth-order valence-electron chi connectivity index (χ4n) is 3.71. The van der Waals surface area contributed by atoms with Crippen molar-refractivity contribution in [2.24, 2.45) is 0 Å². The van der Waals surface area contributed by atoms with Gasteiger partial charge in [0.1, 0.15) is 11.4 Å². The van der Waals surface area contributed by atoms with E-state index in [9.17, 15) is 31.5 Å². The summed E-state index contributed by atoms with van der Waals surface area (Å²) < 4.78 is 68.9. The number of H-pyrrole nitrogens is 1. The Kier molecular flexibility index (Phi) is 6.87. The standard InChI is InChI=1S/C22H19F5N8O2/c1-10(32-16-8-31-34-20(36)17(16)22(25,26)27)3-2-4-35-9-30-15-6-11(13(23)5-12(15)21(35)37)19-29-7-14(24)18(28)33-19/h5-10H,2-4H2,1H3,(H2,28,29,33)(H2,32,34,36). The number of aryl methyl sites for hydroxylation is 1. The van der Waals surface area contributed by atoms with E-state index in [-0.39, 0.29) is 28.8 Å². The van der Waals surface area contributed by atoms with Crippen LogP contribution in [0.4, 0.5) is 33.5 Å². The predicted octanol–water partition coefficient (Wildman–Crippen LogP) is 3.10. The van der Waals surface area contributed by atoms with Crippen molar-refractivity contribution in [1.82, 2.24) is 29.7 Å². The summed E-state index contributed by atoms with van der Waals surface area (Å²) >= 11 is 0. The molecule has 0 spiro atoms. The van der Waals surface area contributed by atoms with Crippen LogP contribution in [-0.4, -0.2) is 35.8 Å². The summed E-state index contributed by atoms with van der Waals surface area (Å²) in [7, 11) is 0. The van der Waals surface area contributed by atoms with Gasteiger partial charge in [-0.25, -0.2) is 28.8 Å². The predicted molar refractivity (Wildman–Crippen MR) is 124 cm³/mol. The fraction of sp³-hybridized carbons (Fsp3) is 0.273. The minimum atomic E-state index is -4.87. The maximum absolute atomic E-state index is 14.8. The third kappa shape index (κ3) is 5.39. The van der Waals surface area contributed by atoms with Gasteiger partial charge in [-0.2, -0.15) is 18.3 Å². The van der Waals surface area contributed by atoms with Crippen molar-refractivity contribution >= 4 is 22.4 Å². The van der Waals surface area contributed by atoms with Crippen LogP contribution in [0.15, 0.2) is 40.4 Å². The number of nitrogens with two attached hydrogens (primary N) is 1. The first-order valence-corrected chi connectivity index (χ1v) is 10.8. The number of nitrogens with zero attached hydrogens (tertiary/aromatic N) is 5. The minimum Gasteiger partial charge on any atom is -0.381 e. The zero-order valence-corrected chi connectivity index (χ0v) is 19.1. The number of hydrogen-bond acceptors (Lipinski definition) is 8. The maximum atomic E-state index is 14.8. The Bertz CT molecular complexity index is 1580. The van der Waals surface area contributed by atoms with E-state index in [1.807, 2.05) is 0 Å². The highest BCUT2D eigenvalue weighted by Gasteiger charge is 2.37. The SMILES string of the molecule is CC(CCCn1cnc2cc(-c3ncc(F)c(N)n3)c(F)cc2c1=O)Nc1cn[nH]c(=O)c1C(F)(F)F. The highest BCUT2D eigenvalue weighted by atomic mass is 19.4. The Hall–Kier alpha value is -4.43. The first-order chi connectivity index (χ1) is 17.5. The molecule has 0 radical (unpaired) electrons. The van der Waals surface area contributed by atoms with Crippen LogP contribution in [0.25, 0.3) is 22.3 Å². The second-order valence-corrected chi connectivity index (χ2v) is 8.19. The number of hydrogen-bond donors (Lipinski definition) is 3. The van der Waals surface area contributed by atoms with Gasteiger partial charge in [0.2, 0.25) is 0 Å². The molecular formula is C22H19F5N8O2. The maximum Gasteiger partial charge on any atom is 0.423 e. The highest BCUT2D eigenvalue weighted by molar-refractivity contribution is 5.82. The van der Waals surface area contributed by atoms with Gasteiger partial charge in [0.25, 0.3) is 11.1 Å². The Balaban J connectivity index is 1.48. The molecule has 37 heavy (non-hydrogen) atoms. The van der Waals surface area contributed by atoms with E-state index in [0.29, 0.717) is 12.8 Å². The van der Waals surface area contributed by atoms with Gasteiger partial charge in [-0.15, -0.1) is 0 Å². The van der Waals surface area contributed by atoms with Gasteiger partial charge >= 0.3 is 6.18 Å². The molecule has 4 aromatic rings. The van der Waals surface area contributed by atoms with Crippen molar-refractivity contribution in [2.75, 3.05) is 11.1 Å².